The van der Waals surface area contributed by atoms with E-state index in [1.807, 2.05) is 31.3 Å². The highest BCUT2D eigenvalue weighted by Crippen LogP contribution is 2.36. The topological polar surface area (TPSA) is 87.9 Å². The van der Waals surface area contributed by atoms with E-state index < -0.39 is 5.82 Å². The van der Waals surface area contributed by atoms with Crippen LogP contribution in [0.2, 0.25) is 0 Å². The predicted octanol–water partition coefficient (Wildman–Crippen LogP) is 4.50. The van der Waals surface area contributed by atoms with E-state index in [9.17, 15) is 9.59 Å². The number of hydrogen-bond acceptors (Lipinski definition) is 7. The summed E-state index contributed by atoms with van der Waals surface area (Å²) in [5.41, 5.74) is 7.03. The summed E-state index contributed by atoms with van der Waals surface area (Å²) in [6, 6.07) is 11.2. The van der Waals surface area contributed by atoms with Gasteiger partial charge in [-0.1, -0.05) is 0 Å². The molecule has 47 heavy (non-hydrogen) atoms. The van der Waals surface area contributed by atoms with E-state index in [0.29, 0.717) is 53.1 Å². The lowest BCUT2D eigenvalue weighted by atomic mass is 9.98. The maximum Gasteiger partial charge on any atom is 0.274 e. The van der Waals surface area contributed by atoms with Crippen LogP contribution in [0.3, 0.4) is 0 Å². The van der Waals surface area contributed by atoms with Crippen molar-refractivity contribution in [3.05, 3.63) is 87.5 Å². The van der Waals surface area contributed by atoms with Crippen molar-refractivity contribution >= 4 is 28.8 Å². The van der Waals surface area contributed by atoms with Gasteiger partial charge in [0.05, 0.1) is 36.8 Å². The molecule has 4 aromatic rings. The highest BCUT2D eigenvalue weighted by molar-refractivity contribution is 6.07. The Kier molecular flexibility index (Phi) is 7.60. The van der Waals surface area contributed by atoms with Gasteiger partial charge in [0.2, 0.25) is 0 Å². The molecule has 0 bridgehead atoms. The molecule has 0 unspecified atom stereocenters. The van der Waals surface area contributed by atoms with E-state index >= 15 is 4.39 Å². The number of rotatable bonds is 6. The number of piperazine rings is 1. The molecule has 8 rings (SSSR count). The number of carbonyl (C=O) groups is 1. The monoisotopic (exact) mass is 637 g/mol. The zero-order valence-electron chi connectivity index (χ0n) is 27.0. The summed E-state index contributed by atoms with van der Waals surface area (Å²) >= 11 is 0. The summed E-state index contributed by atoms with van der Waals surface area (Å²) in [7, 11) is 1.68. The maximum atomic E-state index is 15.3. The number of pyridine rings is 2. The summed E-state index contributed by atoms with van der Waals surface area (Å²) < 4.78 is 24.3. The van der Waals surface area contributed by atoms with Crippen molar-refractivity contribution in [2.75, 3.05) is 61.1 Å². The molecule has 244 valence electrons. The second-order valence-corrected chi connectivity index (χ2v) is 13.2. The maximum absolute atomic E-state index is 15.3. The number of nitrogens with zero attached hydrogens (tertiary/aromatic N) is 6. The van der Waals surface area contributed by atoms with E-state index in [0.717, 1.165) is 76.3 Å². The normalized spacial score (nSPS) is 18.6. The molecule has 4 aliphatic rings. The lowest BCUT2D eigenvalue weighted by Gasteiger charge is -2.43. The van der Waals surface area contributed by atoms with Crippen LogP contribution in [0.4, 0.5) is 27.3 Å². The summed E-state index contributed by atoms with van der Waals surface area (Å²) in [6.07, 6.45) is 7.85. The van der Waals surface area contributed by atoms with E-state index in [2.05, 4.69) is 24.7 Å². The Morgan fingerprint density at radius 1 is 0.957 bits per heavy atom. The number of amides is 1. The Labute approximate surface area is 273 Å². The average Bonchev–Trinajstić information content (AvgIpc) is 3.44. The van der Waals surface area contributed by atoms with Crippen molar-refractivity contribution in [1.82, 2.24) is 19.0 Å². The van der Waals surface area contributed by atoms with Crippen molar-refractivity contribution in [3.63, 3.8) is 0 Å². The number of nitrogens with one attached hydrogen (secondary N) is 1. The Morgan fingerprint density at radius 2 is 1.77 bits per heavy atom. The van der Waals surface area contributed by atoms with Crippen molar-refractivity contribution < 1.29 is 13.9 Å². The lowest BCUT2D eigenvalue weighted by molar-refractivity contribution is -0.0660. The molecular formula is C36H40FN7O3. The van der Waals surface area contributed by atoms with E-state index in [4.69, 9.17) is 4.74 Å². The second kappa shape index (κ2) is 12.0. The molecule has 6 heterocycles. The quantitative estimate of drug-likeness (QED) is 0.333. The van der Waals surface area contributed by atoms with Gasteiger partial charge in [-0.05, 0) is 85.7 Å². The van der Waals surface area contributed by atoms with Gasteiger partial charge in [0.1, 0.15) is 23.0 Å². The predicted molar refractivity (Wildman–Crippen MR) is 180 cm³/mol. The number of benzene rings is 1. The third-order valence-corrected chi connectivity index (χ3v) is 10.4. The van der Waals surface area contributed by atoms with Gasteiger partial charge in [-0.3, -0.25) is 14.5 Å². The van der Waals surface area contributed by atoms with Gasteiger partial charge >= 0.3 is 0 Å². The first-order chi connectivity index (χ1) is 22.8. The van der Waals surface area contributed by atoms with Gasteiger partial charge in [0.25, 0.3) is 11.5 Å². The fourth-order valence-corrected chi connectivity index (χ4v) is 7.62. The molecule has 2 saturated heterocycles. The lowest BCUT2D eigenvalue weighted by Crippen LogP contribution is -2.56. The van der Waals surface area contributed by atoms with E-state index in [-0.39, 0.29) is 11.5 Å². The SMILES string of the molecule is Cc1c(-c2cc(Nc3ccc(N4CCN(C5COC5)CC4)cn3)c(=O)n(C)c2)cc(F)cc1N1CCn2c(cc3c2CCCC3)C1=O. The zero-order chi connectivity index (χ0) is 32.2. The van der Waals surface area contributed by atoms with Crippen LogP contribution in [-0.2, 0) is 31.2 Å². The number of carbonyl (C=O) groups excluding carboxylic acids is 1. The van der Waals surface area contributed by atoms with E-state index in [1.54, 1.807) is 24.2 Å². The third-order valence-electron chi connectivity index (χ3n) is 10.4. The van der Waals surface area contributed by atoms with Gasteiger partial charge < -0.3 is 29.0 Å². The van der Waals surface area contributed by atoms with Crippen LogP contribution in [0.5, 0.6) is 0 Å². The fourth-order valence-electron chi connectivity index (χ4n) is 7.62. The van der Waals surface area contributed by atoms with Crippen LogP contribution in [-0.4, -0.2) is 76.9 Å². The number of anilines is 4. The molecule has 11 heteroatoms. The highest BCUT2D eigenvalue weighted by atomic mass is 19.1. The van der Waals surface area contributed by atoms with Crippen LogP contribution < -0.4 is 20.7 Å². The standard InChI is InChI=1S/C36H40FN7O3/c1-23-29(17-26(37)18-32(23)44-14-13-43-31-6-4-3-5-24(31)16-33(43)36(44)46)25-15-30(35(45)40(2)20-25)39-34-8-7-27(19-38-34)41-9-11-42(12-10-41)28-21-47-22-28/h7-8,15-20,28H,3-6,9-14,21-22H2,1-2H3,(H,38,39). The Bertz CT molecular complexity index is 1900. The molecule has 1 aliphatic carbocycles. The van der Waals surface area contributed by atoms with Crippen LogP contribution in [0.15, 0.2) is 53.6 Å². The molecule has 10 nitrogen and oxygen atoms in total. The van der Waals surface area contributed by atoms with Gasteiger partial charge in [0.15, 0.2) is 0 Å². The molecule has 0 radical (unpaired) electrons. The molecule has 3 aromatic heterocycles. The number of aryl methyl sites for hydroxylation is 2. The summed E-state index contributed by atoms with van der Waals surface area (Å²) in [6.45, 7) is 8.60. The largest absolute Gasteiger partial charge is 0.378 e. The van der Waals surface area contributed by atoms with Crippen molar-refractivity contribution in [3.8, 4) is 11.1 Å². The first kappa shape index (κ1) is 29.9. The van der Waals surface area contributed by atoms with E-state index in [1.165, 1.54) is 28.0 Å². The Morgan fingerprint density at radius 3 is 2.51 bits per heavy atom. The van der Waals surface area contributed by atoms with Crippen LogP contribution in [0.25, 0.3) is 11.1 Å². The molecule has 1 aromatic carbocycles. The molecule has 0 spiro atoms. The van der Waals surface area contributed by atoms with Crippen molar-refractivity contribution in [1.29, 1.82) is 0 Å². The van der Waals surface area contributed by atoms with Crippen molar-refractivity contribution in [2.24, 2.45) is 7.05 Å². The molecule has 3 aliphatic heterocycles. The first-order valence-electron chi connectivity index (χ1n) is 16.7. The highest BCUT2D eigenvalue weighted by Gasteiger charge is 2.32. The van der Waals surface area contributed by atoms with Crippen LogP contribution >= 0.6 is 0 Å². The number of fused-ring (bicyclic) bond motifs is 3. The summed E-state index contributed by atoms with van der Waals surface area (Å²) in [5.74, 6) is 0.0168. The van der Waals surface area contributed by atoms with Gasteiger partial charge in [0, 0.05) is 63.8 Å². The molecular weight excluding hydrogens is 597 g/mol. The number of hydrogen-bond donors (Lipinski definition) is 1. The second-order valence-electron chi connectivity index (χ2n) is 13.2. The molecule has 1 amide bonds. The minimum atomic E-state index is -0.434. The smallest absolute Gasteiger partial charge is 0.274 e. The number of aromatic nitrogens is 3. The van der Waals surface area contributed by atoms with Crippen molar-refractivity contribution in [2.45, 2.75) is 45.2 Å². The molecule has 1 N–H and O–H groups in total. The molecule has 0 saturated carbocycles. The van der Waals surface area contributed by atoms with Crippen LogP contribution in [0, 0.1) is 12.7 Å². The fraction of sp³-hybridized carbons (Fsp3) is 0.417. The first-order valence-corrected chi connectivity index (χ1v) is 16.7. The molecule has 2 fully saturated rings. The summed E-state index contributed by atoms with van der Waals surface area (Å²) in [5, 5.41) is 3.20. The van der Waals surface area contributed by atoms with Gasteiger partial charge in [-0.15, -0.1) is 0 Å². The van der Waals surface area contributed by atoms with Crippen LogP contribution in [0.1, 0.15) is 40.2 Å². The molecule has 0 atom stereocenters. The van der Waals surface area contributed by atoms with Gasteiger partial charge in [-0.25, -0.2) is 9.37 Å². The number of ether oxygens (including phenoxy) is 1. The summed E-state index contributed by atoms with van der Waals surface area (Å²) in [4.78, 5) is 38.2. The van der Waals surface area contributed by atoms with Gasteiger partial charge in [-0.2, -0.15) is 0 Å². The Balaban J connectivity index is 1.04. The average molecular weight is 638 g/mol. The number of halogens is 1. The Hall–Kier alpha value is -4.48. The minimum Gasteiger partial charge on any atom is -0.378 e. The zero-order valence-corrected chi connectivity index (χ0v) is 27.0. The third kappa shape index (κ3) is 5.41. The minimum absolute atomic E-state index is 0.0996.